The second kappa shape index (κ2) is 7.94. The van der Waals surface area contributed by atoms with Crippen molar-refractivity contribution in [3.05, 3.63) is 24.3 Å². The highest BCUT2D eigenvalue weighted by atomic mass is 32.2. The first kappa shape index (κ1) is 15.7. The minimum absolute atomic E-state index is 0.366. The van der Waals surface area contributed by atoms with Crippen molar-refractivity contribution in [2.45, 2.75) is 55.7 Å². The van der Waals surface area contributed by atoms with Crippen LogP contribution in [0.5, 0.6) is 0 Å². The van der Waals surface area contributed by atoms with Crippen molar-refractivity contribution >= 4 is 17.4 Å². The molecule has 1 saturated carbocycles. The van der Waals surface area contributed by atoms with Gasteiger partial charge in [-0.3, -0.25) is 0 Å². The molecule has 0 amide bonds. The van der Waals surface area contributed by atoms with E-state index in [1.807, 2.05) is 11.8 Å². The number of para-hydroxylation sites is 1. The smallest absolute Gasteiger partial charge is 0.0666 e. The summed E-state index contributed by atoms with van der Waals surface area (Å²) in [4.78, 5) is 1.39. The van der Waals surface area contributed by atoms with E-state index in [1.165, 1.54) is 36.3 Å². The molecule has 1 aliphatic rings. The Morgan fingerprint density at radius 2 is 1.95 bits per heavy atom. The van der Waals surface area contributed by atoms with E-state index < -0.39 is 0 Å². The fourth-order valence-electron chi connectivity index (χ4n) is 2.65. The molecule has 0 heterocycles. The Labute approximate surface area is 127 Å². The van der Waals surface area contributed by atoms with Crippen molar-refractivity contribution in [3.63, 3.8) is 0 Å². The third-order valence-corrected chi connectivity index (χ3v) is 5.39. The molecule has 0 spiro atoms. The summed E-state index contributed by atoms with van der Waals surface area (Å²) >= 11 is 2.05. The number of methoxy groups -OCH3 is 1. The van der Waals surface area contributed by atoms with Crippen LogP contribution in [0.3, 0.4) is 0 Å². The number of nitrogens with one attached hydrogen (secondary N) is 1. The van der Waals surface area contributed by atoms with Crippen LogP contribution in [0.25, 0.3) is 0 Å². The Bertz CT molecular complexity index is 402. The first-order valence-corrected chi connectivity index (χ1v) is 8.60. The summed E-state index contributed by atoms with van der Waals surface area (Å²) in [6.07, 6.45) is 5.52. The number of thioether (sulfide) groups is 1. The van der Waals surface area contributed by atoms with Gasteiger partial charge < -0.3 is 10.1 Å². The molecule has 3 heteroatoms. The van der Waals surface area contributed by atoms with E-state index in [0.29, 0.717) is 12.0 Å². The predicted molar refractivity (Wildman–Crippen MR) is 88.7 cm³/mol. The van der Waals surface area contributed by atoms with Gasteiger partial charge >= 0.3 is 0 Å². The Hall–Kier alpha value is -0.670. The molecule has 1 aromatic rings. The van der Waals surface area contributed by atoms with Crippen molar-refractivity contribution in [3.8, 4) is 0 Å². The van der Waals surface area contributed by atoms with Gasteiger partial charge in [0.25, 0.3) is 0 Å². The fraction of sp³-hybridized carbons (Fsp3) is 0.647. The van der Waals surface area contributed by atoms with Crippen LogP contribution < -0.4 is 5.32 Å². The lowest BCUT2D eigenvalue weighted by Crippen LogP contribution is -2.30. The molecular weight excluding hydrogens is 266 g/mol. The van der Waals surface area contributed by atoms with Crippen LogP contribution in [-0.4, -0.2) is 25.0 Å². The monoisotopic (exact) mass is 293 g/mol. The minimum Gasteiger partial charge on any atom is -0.383 e. The Kier molecular flexibility index (Phi) is 6.24. The zero-order valence-corrected chi connectivity index (χ0v) is 13.7. The zero-order chi connectivity index (χ0) is 14.4. The van der Waals surface area contributed by atoms with E-state index in [2.05, 4.69) is 43.4 Å². The molecule has 1 atom stereocenters. The number of rotatable bonds is 7. The van der Waals surface area contributed by atoms with Crippen LogP contribution in [0.4, 0.5) is 5.69 Å². The Morgan fingerprint density at radius 1 is 1.25 bits per heavy atom. The molecule has 0 aliphatic heterocycles. The summed E-state index contributed by atoms with van der Waals surface area (Å²) in [6, 6.07) is 9.07. The van der Waals surface area contributed by atoms with Gasteiger partial charge in [0.05, 0.1) is 12.6 Å². The largest absolute Gasteiger partial charge is 0.383 e. The van der Waals surface area contributed by atoms with Crippen LogP contribution >= 0.6 is 11.8 Å². The van der Waals surface area contributed by atoms with Crippen LogP contribution in [0, 0.1) is 5.92 Å². The van der Waals surface area contributed by atoms with Crippen molar-refractivity contribution < 1.29 is 4.74 Å². The molecule has 1 unspecified atom stereocenters. The van der Waals surface area contributed by atoms with Gasteiger partial charge in [-0.2, -0.15) is 0 Å². The average Bonchev–Trinajstić information content (AvgIpc) is 2.93. The molecular formula is C17H27NOS. The maximum Gasteiger partial charge on any atom is 0.0666 e. The van der Waals surface area contributed by atoms with Gasteiger partial charge in [0.1, 0.15) is 0 Å². The highest BCUT2D eigenvalue weighted by Crippen LogP contribution is 2.38. The number of hydrogen-bond donors (Lipinski definition) is 1. The predicted octanol–water partition coefficient (Wildman–Crippen LogP) is 4.80. The molecule has 1 aliphatic carbocycles. The summed E-state index contributed by atoms with van der Waals surface area (Å²) in [5, 5.41) is 4.48. The Balaban J connectivity index is 2.05. The lowest BCUT2D eigenvalue weighted by atomic mass is 10.1. The van der Waals surface area contributed by atoms with E-state index >= 15 is 0 Å². The van der Waals surface area contributed by atoms with Crippen molar-refractivity contribution in [2.24, 2.45) is 5.92 Å². The molecule has 2 rings (SSSR count). The fourth-order valence-corrected chi connectivity index (χ4v) is 3.99. The third kappa shape index (κ3) is 4.42. The maximum absolute atomic E-state index is 5.34. The van der Waals surface area contributed by atoms with Gasteiger partial charge in [0.2, 0.25) is 0 Å². The molecule has 112 valence electrons. The number of benzene rings is 1. The zero-order valence-electron chi connectivity index (χ0n) is 12.9. The third-order valence-electron chi connectivity index (χ3n) is 3.97. The lowest BCUT2D eigenvalue weighted by Gasteiger charge is -2.24. The molecule has 1 aromatic carbocycles. The Morgan fingerprint density at radius 3 is 2.60 bits per heavy atom. The van der Waals surface area contributed by atoms with Crippen LogP contribution in [-0.2, 0) is 4.74 Å². The summed E-state index contributed by atoms with van der Waals surface area (Å²) in [6.45, 7) is 5.23. The van der Waals surface area contributed by atoms with Gasteiger partial charge in [0.15, 0.2) is 0 Å². The second-order valence-corrected chi connectivity index (χ2v) is 7.31. The standard InChI is InChI=1S/C17H27NOS/c1-13(2)16(12-19-3)18-15-10-6-7-11-17(15)20-14-8-4-5-9-14/h6-7,10-11,13-14,16,18H,4-5,8-9,12H2,1-3H3. The first-order valence-electron chi connectivity index (χ1n) is 7.72. The topological polar surface area (TPSA) is 21.3 Å². The highest BCUT2D eigenvalue weighted by molar-refractivity contribution is 8.00. The van der Waals surface area contributed by atoms with E-state index in [9.17, 15) is 0 Å². The van der Waals surface area contributed by atoms with Crippen LogP contribution in [0.15, 0.2) is 29.2 Å². The lowest BCUT2D eigenvalue weighted by molar-refractivity contribution is 0.171. The summed E-state index contributed by atoms with van der Waals surface area (Å²) < 4.78 is 5.34. The van der Waals surface area contributed by atoms with Gasteiger partial charge in [-0.1, -0.05) is 38.8 Å². The van der Waals surface area contributed by atoms with Gasteiger partial charge in [-0.25, -0.2) is 0 Å². The summed E-state index contributed by atoms with van der Waals surface area (Å²) in [7, 11) is 1.77. The van der Waals surface area contributed by atoms with Crippen molar-refractivity contribution in [1.82, 2.24) is 0 Å². The van der Waals surface area contributed by atoms with E-state index in [0.717, 1.165) is 11.9 Å². The molecule has 0 bridgehead atoms. The average molecular weight is 293 g/mol. The quantitative estimate of drug-likeness (QED) is 0.780. The SMILES string of the molecule is COCC(Nc1ccccc1SC1CCCC1)C(C)C. The van der Waals surface area contributed by atoms with Gasteiger partial charge in [-0.05, 0) is 30.9 Å². The number of anilines is 1. The molecule has 20 heavy (non-hydrogen) atoms. The normalized spacial score (nSPS) is 17.6. The minimum atomic E-state index is 0.366. The second-order valence-electron chi connectivity index (χ2n) is 5.97. The van der Waals surface area contributed by atoms with Crippen molar-refractivity contribution in [1.29, 1.82) is 0 Å². The van der Waals surface area contributed by atoms with E-state index in [1.54, 1.807) is 7.11 Å². The van der Waals surface area contributed by atoms with E-state index in [-0.39, 0.29) is 0 Å². The van der Waals surface area contributed by atoms with Crippen LogP contribution in [0.1, 0.15) is 39.5 Å². The van der Waals surface area contributed by atoms with Crippen LogP contribution in [0.2, 0.25) is 0 Å². The number of ether oxygens (including phenoxy) is 1. The van der Waals surface area contributed by atoms with Crippen molar-refractivity contribution in [2.75, 3.05) is 19.0 Å². The first-order chi connectivity index (χ1) is 9.70. The highest BCUT2D eigenvalue weighted by Gasteiger charge is 2.19. The van der Waals surface area contributed by atoms with E-state index in [4.69, 9.17) is 4.74 Å². The van der Waals surface area contributed by atoms with Gasteiger partial charge in [-0.15, -0.1) is 11.8 Å². The molecule has 0 aromatic heterocycles. The molecule has 1 fully saturated rings. The summed E-state index contributed by atoms with van der Waals surface area (Å²) in [5.41, 5.74) is 1.26. The summed E-state index contributed by atoms with van der Waals surface area (Å²) in [5.74, 6) is 0.555. The maximum atomic E-state index is 5.34. The number of hydrogen-bond acceptors (Lipinski definition) is 3. The molecule has 2 nitrogen and oxygen atoms in total. The van der Waals surface area contributed by atoms with Gasteiger partial charge in [0, 0.05) is 22.9 Å². The molecule has 0 saturated heterocycles. The molecule has 0 radical (unpaired) electrons. The molecule has 1 N–H and O–H groups in total.